The first kappa shape index (κ1) is 32.5. The maximum atomic E-state index is 11.5. The van der Waals surface area contributed by atoms with Crippen LogP contribution in [0.25, 0.3) is 0 Å². The Morgan fingerprint density at radius 1 is 0.655 bits per heavy atom. The Morgan fingerprint density at radius 3 is 1.55 bits per heavy atom. The van der Waals surface area contributed by atoms with Crippen LogP contribution < -0.4 is 0 Å². The molecule has 176 valence electrons. The largest absolute Gasteiger partial charge is 0.462 e. The second-order valence-corrected chi connectivity index (χ2v) is 7.07. The van der Waals surface area contributed by atoms with Crippen LogP contribution in [0, 0.1) is 0 Å². The number of rotatable bonds is 14. The van der Waals surface area contributed by atoms with Crippen molar-refractivity contribution in [2.75, 3.05) is 67.2 Å². The first-order valence-corrected chi connectivity index (χ1v) is 11.0. The van der Waals surface area contributed by atoms with Gasteiger partial charge in [-0.05, 0) is 27.6 Å². The molecular weight excluding hydrogens is 372 g/mol. The van der Waals surface area contributed by atoms with Crippen LogP contribution in [-0.4, -0.2) is 88.9 Å². The van der Waals surface area contributed by atoms with Gasteiger partial charge in [-0.1, -0.05) is 47.5 Å². The zero-order chi connectivity index (χ0) is 22.9. The molecule has 0 aliphatic rings. The van der Waals surface area contributed by atoms with Gasteiger partial charge in [-0.15, -0.1) is 0 Å². The molecule has 0 heterocycles. The molecule has 0 unspecified atom stereocenters. The van der Waals surface area contributed by atoms with E-state index in [1.54, 1.807) is 0 Å². The minimum absolute atomic E-state index is 0.117. The Hall–Kier alpha value is -1.18. The Bertz CT molecular complexity index is 350. The van der Waals surface area contributed by atoms with E-state index >= 15 is 0 Å². The molecule has 0 atom stereocenters. The number of hydrogen-bond acceptors (Lipinski definition) is 7. The van der Waals surface area contributed by atoms with Gasteiger partial charge in [-0.2, -0.15) is 0 Å². The summed E-state index contributed by atoms with van der Waals surface area (Å²) in [7, 11) is 5.95. The molecule has 29 heavy (non-hydrogen) atoms. The number of likely N-dealkylation sites (N-methyl/N-ethyl adjacent to an activating group) is 2. The van der Waals surface area contributed by atoms with Crippen LogP contribution in [0.4, 0.5) is 0 Å². The Labute approximate surface area is 180 Å². The summed E-state index contributed by atoms with van der Waals surface area (Å²) < 4.78 is 15.4. The third-order valence-electron chi connectivity index (χ3n) is 3.06. The van der Waals surface area contributed by atoms with Crippen molar-refractivity contribution >= 4 is 11.9 Å². The first-order chi connectivity index (χ1) is 13.8. The molecule has 0 fully saturated rings. The zero-order valence-corrected chi connectivity index (χ0v) is 20.4. The van der Waals surface area contributed by atoms with Crippen LogP contribution in [-0.2, 0) is 23.8 Å². The molecule has 0 aromatic carbocycles. The zero-order valence-electron chi connectivity index (χ0n) is 20.4. The van der Waals surface area contributed by atoms with E-state index < -0.39 is 0 Å². The molecule has 0 aliphatic carbocycles. The highest BCUT2D eigenvalue weighted by atomic mass is 16.6. The average Bonchev–Trinajstić information content (AvgIpc) is 2.64. The predicted octanol–water partition coefficient (Wildman–Crippen LogP) is 3.61. The highest BCUT2D eigenvalue weighted by molar-refractivity contribution is 5.70. The number of ether oxygens (including phenoxy) is 3. The van der Waals surface area contributed by atoms with Crippen LogP contribution in [0.5, 0.6) is 0 Å². The second kappa shape index (κ2) is 26.8. The SMILES string of the molecule is CCC.CCC.CCCC(=O)OCCOC(=O)CCN(C)CCOCCN(C)C. The standard InChI is InChI=1S/C16H32N2O5.2C3H8/c1-5-6-15(19)22-13-14-23-16(20)7-8-18(4)10-12-21-11-9-17(2)3;2*1-3-2/h5-14H2,1-4H3;2*3H2,1-2H3. The summed E-state index contributed by atoms with van der Waals surface area (Å²) in [4.78, 5) is 26.7. The van der Waals surface area contributed by atoms with Gasteiger partial charge in [0.15, 0.2) is 0 Å². The van der Waals surface area contributed by atoms with Crippen molar-refractivity contribution in [1.82, 2.24) is 9.80 Å². The quantitative estimate of drug-likeness (QED) is 0.314. The average molecular weight is 421 g/mol. The van der Waals surface area contributed by atoms with Crippen LogP contribution in [0.1, 0.15) is 66.7 Å². The van der Waals surface area contributed by atoms with Gasteiger partial charge in [-0.3, -0.25) is 9.59 Å². The van der Waals surface area contributed by atoms with Crippen molar-refractivity contribution < 1.29 is 23.8 Å². The fraction of sp³-hybridized carbons (Fsp3) is 0.909. The molecule has 0 aromatic rings. The van der Waals surface area contributed by atoms with Gasteiger partial charge < -0.3 is 24.0 Å². The Kier molecular flexibility index (Phi) is 30.0. The molecular formula is C22H48N2O5. The molecule has 0 N–H and O–H groups in total. The summed E-state index contributed by atoms with van der Waals surface area (Å²) in [5.74, 6) is -0.533. The molecule has 0 saturated carbocycles. The first-order valence-electron chi connectivity index (χ1n) is 11.0. The fourth-order valence-electron chi connectivity index (χ4n) is 1.62. The maximum absolute atomic E-state index is 11.5. The van der Waals surface area contributed by atoms with Crippen molar-refractivity contribution in [3.63, 3.8) is 0 Å². The lowest BCUT2D eigenvalue weighted by Crippen LogP contribution is -2.27. The van der Waals surface area contributed by atoms with Crippen LogP contribution in [0.15, 0.2) is 0 Å². The van der Waals surface area contributed by atoms with Crippen LogP contribution in [0.2, 0.25) is 0 Å². The monoisotopic (exact) mass is 420 g/mol. The van der Waals surface area contributed by atoms with Gasteiger partial charge in [-0.25, -0.2) is 0 Å². The van der Waals surface area contributed by atoms with Crippen molar-refractivity contribution in [1.29, 1.82) is 0 Å². The molecule has 0 bridgehead atoms. The Morgan fingerprint density at radius 2 is 1.10 bits per heavy atom. The minimum atomic E-state index is -0.281. The number of hydrogen-bond donors (Lipinski definition) is 0. The van der Waals surface area contributed by atoms with Gasteiger partial charge in [0.05, 0.1) is 19.6 Å². The van der Waals surface area contributed by atoms with Crippen molar-refractivity contribution in [3.05, 3.63) is 0 Å². The van der Waals surface area contributed by atoms with Gasteiger partial charge in [0.1, 0.15) is 13.2 Å². The number of carbonyl (C=O) groups is 2. The number of carbonyl (C=O) groups excluding carboxylic acids is 2. The van der Waals surface area contributed by atoms with E-state index in [-0.39, 0.29) is 25.2 Å². The molecule has 0 aromatic heterocycles. The summed E-state index contributed by atoms with van der Waals surface area (Å²) in [5.41, 5.74) is 0. The van der Waals surface area contributed by atoms with Gasteiger partial charge in [0.25, 0.3) is 0 Å². The predicted molar refractivity (Wildman–Crippen MR) is 120 cm³/mol. The molecule has 0 amide bonds. The molecule has 0 saturated heterocycles. The highest BCUT2D eigenvalue weighted by Gasteiger charge is 2.07. The van der Waals surface area contributed by atoms with E-state index in [4.69, 9.17) is 14.2 Å². The third kappa shape index (κ3) is 34.7. The van der Waals surface area contributed by atoms with Crippen LogP contribution in [0.3, 0.4) is 0 Å². The molecule has 0 spiro atoms. The van der Waals surface area contributed by atoms with E-state index in [9.17, 15) is 9.59 Å². The molecule has 7 nitrogen and oxygen atoms in total. The molecule has 0 radical (unpaired) electrons. The van der Waals surface area contributed by atoms with E-state index in [1.165, 1.54) is 12.8 Å². The van der Waals surface area contributed by atoms with E-state index in [0.717, 1.165) is 19.5 Å². The van der Waals surface area contributed by atoms with Crippen LogP contribution >= 0.6 is 0 Å². The van der Waals surface area contributed by atoms with Crippen molar-refractivity contribution in [2.24, 2.45) is 0 Å². The Balaban J connectivity index is -0.000000993. The lowest BCUT2D eigenvalue weighted by Gasteiger charge is -2.16. The summed E-state index contributed by atoms with van der Waals surface area (Å²) in [6, 6.07) is 0. The molecule has 0 aliphatic heterocycles. The topological polar surface area (TPSA) is 68.3 Å². The lowest BCUT2D eigenvalue weighted by atomic mass is 10.3. The molecule has 7 heteroatoms. The van der Waals surface area contributed by atoms with E-state index in [1.807, 2.05) is 33.0 Å². The van der Waals surface area contributed by atoms with Crippen molar-refractivity contribution in [2.45, 2.75) is 66.7 Å². The summed E-state index contributed by atoms with van der Waals surface area (Å²) >= 11 is 0. The van der Waals surface area contributed by atoms with Gasteiger partial charge in [0.2, 0.25) is 0 Å². The second-order valence-electron chi connectivity index (χ2n) is 7.07. The maximum Gasteiger partial charge on any atom is 0.307 e. The van der Waals surface area contributed by atoms with Crippen molar-refractivity contribution in [3.8, 4) is 0 Å². The summed E-state index contributed by atoms with van der Waals surface area (Å²) in [5, 5.41) is 0. The highest BCUT2D eigenvalue weighted by Crippen LogP contribution is 1.94. The fourth-order valence-corrected chi connectivity index (χ4v) is 1.62. The smallest absolute Gasteiger partial charge is 0.307 e. The number of nitrogens with zero attached hydrogens (tertiary/aromatic N) is 2. The van der Waals surface area contributed by atoms with Gasteiger partial charge in [0, 0.05) is 26.1 Å². The summed E-state index contributed by atoms with van der Waals surface area (Å²) in [6.45, 7) is 14.3. The normalized spacial score (nSPS) is 10.0. The van der Waals surface area contributed by atoms with E-state index in [0.29, 0.717) is 32.6 Å². The van der Waals surface area contributed by atoms with Gasteiger partial charge >= 0.3 is 11.9 Å². The lowest BCUT2D eigenvalue weighted by molar-refractivity contribution is -0.152. The van der Waals surface area contributed by atoms with E-state index in [2.05, 4.69) is 32.6 Å². The number of esters is 2. The minimum Gasteiger partial charge on any atom is -0.462 e. The third-order valence-corrected chi connectivity index (χ3v) is 3.06. The summed E-state index contributed by atoms with van der Waals surface area (Å²) in [6.07, 6.45) is 3.97. The molecule has 0 rings (SSSR count).